The van der Waals surface area contributed by atoms with Crippen molar-refractivity contribution in [1.82, 2.24) is 0 Å². The number of phenolic OH excluding ortho intramolecular Hbond substituents is 1. The van der Waals surface area contributed by atoms with E-state index in [2.05, 4.69) is 10.5 Å². The van der Waals surface area contributed by atoms with E-state index in [0.717, 1.165) is 16.0 Å². The van der Waals surface area contributed by atoms with Gasteiger partial charge in [0, 0.05) is 11.3 Å². The van der Waals surface area contributed by atoms with Gasteiger partial charge in [-0.2, -0.15) is 18.3 Å². The lowest BCUT2D eigenvalue weighted by atomic mass is 10.0. The van der Waals surface area contributed by atoms with Gasteiger partial charge >= 0.3 is 12.1 Å². The molecule has 1 aliphatic rings. The highest BCUT2D eigenvalue weighted by Gasteiger charge is 2.41. The molecule has 0 fully saturated rings. The number of fused-ring (bicyclic) bond motifs is 1. The summed E-state index contributed by atoms with van der Waals surface area (Å²) in [7, 11) is 0. The molecule has 1 aliphatic heterocycles. The molecule has 0 atom stereocenters. The second kappa shape index (κ2) is 10.1. The van der Waals surface area contributed by atoms with Crippen LogP contribution < -0.4 is 10.3 Å². The maximum absolute atomic E-state index is 15.3. The van der Waals surface area contributed by atoms with Crippen LogP contribution in [0.1, 0.15) is 32.6 Å². The molecule has 41 heavy (non-hydrogen) atoms. The average Bonchev–Trinajstić information content (AvgIpc) is 3.18. The van der Waals surface area contributed by atoms with Crippen LogP contribution in [0.4, 0.5) is 34.6 Å². The Hall–Kier alpha value is -5.19. The first-order chi connectivity index (χ1) is 19.3. The minimum absolute atomic E-state index is 0.00570. The second-order valence-corrected chi connectivity index (χ2v) is 9.50. The van der Waals surface area contributed by atoms with E-state index < -0.39 is 40.7 Å². The van der Waals surface area contributed by atoms with Crippen LogP contribution in [-0.2, 0) is 11.0 Å². The number of benzene rings is 4. The molecule has 1 heterocycles. The fraction of sp³-hybridized carbons (Fsp3) is 0.100. The van der Waals surface area contributed by atoms with Crippen LogP contribution in [0.2, 0.25) is 0 Å². The second-order valence-electron chi connectivity index (χ2n) is 9.50. The third-order valence-corrected chi connectivity index (χ3v) is 6.49. The number of para-hydroxylation sites is 1. The Balaban J connectivity index is 1.61. The number of nitrogens with zero attached hydrogens (tertiary/aromatic N) is 2. The molecular weight excluding hydrogens is 542 g/mol. The van der Waals surface area contributed by atoms with Gasteiger partial charge in [0.15, 0.2) is 5.71 Å². The van der Waals surface area contributed by atoms with Crippen LogP contribution in [0, 0.1) is 19.7 Å². The van der Waals surface area contributed by atoms with Gasteiger partial charge in [-0.3, -0.25) is 15.1 Å². The van der Waals surface area contributed by atoms with E-state index in [9.17, 15) is 33.0 Å². The number of halogens is 4. The van der Waals surface area contributed by atoms with E-state index in [-0.39, 0.29) is 33.9 Å². The highest BCUT2D eigenvalue weighted by Crippen LogP contribution is 2.42. The number of phenols is 1. The van der Waals surface area contributed by atoms with E-state index in [4.69, 9.17) is 0 Å². The Morgan fingerprint density at radius 3 is 2.29 bits per heavy atom. The number of anilines is 3. The van der Waals surface area contributed by atoms with Crippen LogP contribution in [-0.4, -0.2) is 27.8 Å². The van der Waals surface area contributed by atoms with Gasteiger partial charge in [-0.05, 0) is 73.0 Å². The molecular formula is C30H21F4N3O4. The summed E-state index contributed by atoms with van der Waals surface area (Å²) in [5, 5.41) is 24.2. The van der Waals surface area contributed by atoms with E-state index in [0.29, 0.717) is 17.7 Å². The first-order valence-corrected chi connectivity index (χ1v) is 12.2. The Labute approximate surface area is 231 Å². The molecule has 0 spiro atoms. The van der Waals surface area contributed by atoms with E-state index >= 15 is 4.39 Å². The summed E-state index contributed by atoms with van der Waals surface area (Å²) in [5.41, 5.74) is 2.33. The number of carbonyl (C=O) groups excluding carboxylic acids is 1. The minimum atomic E-state index is -4.87. The molecule has 0 unspecified atom stereocenters. The highest BCUT2D eigenvalue weighted by molar-refractivity contribution is 6.55. The first-order valence-electron chi connectivity index (χ1n) is 12.2. The van der Waals surface area contributed by atoms with Crippen molar-refractivity contribution in [2.24, 2.45) is 5.10 Å². The summed E-state index contributed by atoms with van der Waals surface area (Å²) >= 11 is 0. The van der Waals surface area contributed by atoms with Gasteiger partial charge < -0.3 is 10.2 Å². The summed E-state index contributed by atoms with van der Waals surface area (Å²) in [5.74, 6) is -3.67. The smallest absolute Gasteiger partial charge is 0.416 e. The maximum atomic E-state index is 15.3. The third-order valence-electron chi connectivity index (χ3n) is 6.49. The predicted octanol–water partition coefficient (Wildman–Crippen LogP) is 7.03. The maximum Gasteiger partial charge on any atom is 0.416 e. The Bertz CT molecular complexity index is 1750. The third kappa shape index (κ3) is 5.09. The summed E-state index contributed by atoms with van der Waals surface area (Å²) in [6.45, 7) is 3.51. The molecule has 0 aliphatic carbocycles. The highest BCUT2D eigenvalue weighted by atomic mass is 19.4. The van der Waals surface area contributed by atoms with Crippen molar-refractivity contribution in [1.29, 1.82) is 0 Å². The summed E-state index contributed by atoms with van der Waals surface area (Å²) in [6.07, 6.45) is -4.87. The zero-order valence-electron chi connectivity index (χ0n) is 21.5. The van der Waals surface area contributed by atoms with Gasteiger partial charge in [-0.15, -0.1) is 0 Å². The van der Waals surface area contributed by atoms with E-state index in [1.54, 1.807) is 32.0 Å². The Morgan fingerprint density at radius 2 is 1.63 bits per heavy atom. The molecule has 0 aromatic heterocycles. The van der Waals surface area contributed by atoms with Crippen molar-refractivity contribution in [3.05, 3.63) is 106 Å². The molecule has 0 saturated carbocycles. The van der Waals surface area contributed by atoms with Crippen LogP contribution in [0.5, 0.6) is 5.75 Å². The molecule has 0 radical (unpaired) electrons. The number of carboxylic acids is 1. The molecule has 11 heteroatoms. The quantitative estimate of drug-likeness (QED) is 0.138. The monoisotopic (exact) mass is 563 g/mol. The molecule has 3 N–H and O–H groups in total. The lowest BCUT2D eigenvalue weighted by molar-refractivity contribution is -0.137. The topological polar surface area (TPSA) is 102 Å². The fourth-order valence-electron chi connectivity index (χ4n) is 4.73. The zero-order valence-corrected chi connectivity index (χ0v) is 21.5. The lowest BCUT2D eigenvalue weighted by Gasteiger charge is -2.19. The molecule has 1 amide bonds. The molecule has 0 saturated heterocycles. The van der Waals surface area contributed by atoms with Crippen LogP contribution in [0.15, 0.2) is 77.9 Å². The van der Waals surface area contributed by atoms with Crippen LogP contribution in [0.25, 0.3) is 11.1 Å². The van der Waals surface area contributed by atoms with E-state index in [1.807, 2.05) is 6.07 Å². The standard InChI is InChI=1S/C30H21F4N3O4/c1-15-9-16(2)11-20(10-15)37-24-14-19(30(32,33)34)13-22(31)25(24)26(28(37)39)36-35-23-8-4-7-21(27(23)38)17-5-3-6-18(12-17)29(40)41/h3-14,35,38H,1-2H3,(H,40,41)/b36-26-. The van der Waals surface area contributed by atoms with E-state index in [1.165, 1.54) is 36.4 Å². The van der Waals surface area contributed by atoms with Crippen molar-refractivity contribution >= 4 is 34.7 Å². The number of hydrazone groups is 1. The summed E-state index contributed by atoms with van der Waals surface area (Å²) in [6, 6.07) is 16.3. The number of amides is 1. The first kappa shape index (κ1) is 27.4. The van der Waals surface area contributed by atoms with Crippen LogP contribution in [0.3, 0.4) is 0 Å². The van der Waals surface area contributed by atoms with Crippen molar-refractivity contribution in [3.63, 3.8) is 0 Å². The van der Waals surface area contributed by atoms with Gasteiger partial charge in [0.1, 0.15) is 11.6 Å². The predicted molar refractivity (Wildman–Crippen MR) is 145 cm³/mol. The number of nitrogens with one attached hydrogen (secondary N) is 1. The number of hydrogen-bond acceptors (Lipinski definition) is 5. The fourth-order valence-corrected chi connectivity index (χ4v) is 4.73. The van der Waals surface area contributed by atoms with Crippen molar-refractivity contribution in [2.75, 3.05) is 10.3 Å². The van der Waals surface area contributed by atoms with Gasteiger partial charge in [-0.25, -0.2) is 9.18 Å². The molecule has 208 valence electrons. The Morgan fingerprint density at radius 1 is 0.951 bits per heavy atom. The number of carbonyl (C=O) groups is 2. The number of carboxylic acid groups (broad SMARTS) is 1. The summed E-state index contributed by atoms with van der Waals surface area (Å²) in [4.78, 5) is 25.9. The number of hydrogen-bond donors (Lipinski definition) is 3. The molecule has 4 aromatic carbocycles. The minimum Gasteiger partial charge on any atom is -0.505 e. The number of aromatic carboxylic acids is 1. The Kier molecular flexibility index (Phi) is 6.74. The van der Waals surface area contributed by atoms with Crippen molar-refractivity contribution in [2.45, 2.75) is 20.0 Å². The largest absolute Gasteiger partial charge is 0.505 e. The number of rotatable bonds is 5. The van der Waals surface area contributed by atoms with Gasteiger partial charge in [0.05, 0.1) is 28.1 Å². The van der Waals surface area contributed by atoms with Gasteiger partial charge in [0.2, 0.25) is 0 Å². The van der Waals surface area contributed by atoms with Crippen LogP contribution >= 0.6 is 0 Å². The molecule has 0 bridgehead atoms. The number of aryl methyl sites for hydroxylation is 2. The van der Waals surface area contributed by atoms with Crippen molar-refractivity contribution < 1.29 is 37.4 Å². The van der Waals surface area contributed by atoms with Crippen molar-refractivity contribution in [3.8, 4) is 16.9 Å². The lowest BCUT2D eigenvalue weighted by Crippen LogP contribution is -2.26. The molecule has 7 nitrogen and oxygen atoms in total. The average molecular weight is 564 g/mol. The van der Waals surface area contributed by atoms with Gasteiger partial charge in [-0.1, -0.05) is 30.3 Å². The molecule has 5 rings (SSSR count). The SMILES string of the molecule is Cc1cc(C)cc(N2C(=O)/C(=N\Nc3cccc(-c4cccc(C(=O)O)c4)c3O)c3c(F)cc(C(F)(F)F)cc32)c1. The van der Waals surface area contributed by atoms with Gasteiger partial charge in [0.25, 0.3) is 5.91 Å². The summed E-state index contributed by atoms with van der Waals surface area (Å²) < 4.78 is 56.0. The zero-order chi connectivity index (χ0) is 29.6. The number of aromatic hydroxyl groups is 1. The molecule has 4 aromatic rings. The normalized spacial score (nSPS) is 14.0. The number of alkyl halides is 3.